The van der Waals surface area contributed by atoms with Crippen molar-refractivity contribution >= 4 is 21.5 Å². The van der Waals surface area contributed by atoms with E-state index in [2.05, 4.69) is 14.6 Å². The maximum atomic E-state index is 12.4. The maximum absolute atomic E-state index is 12.4. The second-order valence-electron chi connectivity index (χ2n) is 5.42. The molecule has 0 amide bonds. The summed E-state index contributed by atoms with van der Waals surface area (Å²) in [4.78, 5) is 6.61. The van der Waals surface area contributed by atoms with Gasteiger partial charge in [-0.1, -0.05) is 12.1 Å². The van der Waals surface area contributed by atoms with Gasteiger partial charge in [0, 0.05) is 13.1 Å². The molecule has 0 aliphatic carbocycles. The molecule has 0 spiro atoms. The lowest BCUT2D eigenvalue weighted by Crippen LogP contribution is -2.36. The van der Waals surface area contributed by atoms with E-state index in [1.54, 1.807) is 30.5 Å². The number of benzene rings is 1. The monoisotopic (exact) mass is 333 g/mol. The van der Waals surface area contributed by atoms with E-state index in [4.69, 9.17) is 4.74 Å². The number of hydrogen-bond acceptors (Lipinski definition) is 5. The van der Waals surface area contributed by atoms with Crippen molar-refractivity contribution in [2.45, 2.75) is 11.8 Å². The smallest absolute Gasteiger partial charge is 0.263 e. The quantitative estimate of drug-likeness (QED) is 0.927. The Morgan fingerprint density at radius 1 is 1.17 bits per heavy atom. The van der Waals surface area contributed by atoms with Gasteiger partial charge in [0.2, 0.25) is 0 Å². The van der Waals surface area contributed by atoms with Crippen molar-refractivity contribution < 1.29 is 13.2 Å². The molecule has 1 aromatic carbocycles. The second kappa shape index (κ2) is 6.55. The minimum atomic E-state index is -3.62. The van der Waals surface area contributed by atoms with Crippen LogP contribution in [0, 0.1) is 6.92 Å². The molecule has 1 aromatic heterocycles. The van der Waals surface area contributed by atoms with Crippen molar-refractivity contribution in [2.75, 3.05) is 35.9 Å². The Balaban J connectivity index is 1.75. The van der Waals surface area contributed by atoms with Crippen molar-refractivity contribution in [1.82, 2.24) is 4.98 Å². The van der Waals surface area contributed by atoms with Gasteiger partial charge in [0.05, 0.1) is 30.0 Å². The molecule has 1 N–H and O–H groups in total. The minimum Gasteiger partial charge on any atom is -0.378 e. The Morgan fingerprint density at radius 2 is 1.96 bits per heavy atom. The molecule has 1 fully saturated rings. The van der Waals surface area contributed by atoms with Crippen LogP contribution in [0.4, 0.5) is 11.5 Å². The molecule has 1 aliphatic heterocycles. The predicted octanol–water partition coefficient (Wildman–Crippen LogP) is 2.03. The summed E-state index contributed by atoms with van der Waals surface area (Å²) in [7, 11) is -3.62. The zero-order valence-electron chi connectivity index (χ0n) is 12.9. The Morgan fingerprint density at radius 3 is 2.61 bits per heavy atom. The summed E-state index contributed by atoms with van der Waals surface area (Å²) in [6.45, 7) is 4.88. The largest absolute Gasteiger partial charge is 0.378 e. The number of rotatable bonds is 4. The summed E-state index contributed by atoms with van der Waals surface area (Å²) in [6, 6.07) is 10.3. The standard InChI is InChI=1S/C16H19N3O3S/c1-13-3-2-4-15(11-13)23(20,21)18-16-6-5-14(12-17-16)19-7-9-22-10-8-19/h2-6,11-12H,7-10H2,1H3,(H,17,18). The average Bonchev–Trinajstić information content (AvgIpc) is 2.56. The first-order valence-electron chi connectivity index (χ1n) is 7.43. The van der Waals surface area contributed by atoms with Crippen molar-refractivity contribution in [3.63, 3.8) is 0 Å². The number of anilines is 2. The first-order chi connectivity index (χ1) is 11.0. The van der Waals surface area contributed by atoms with Gasteiger partial charge in [0.1, 0.15) is 5.82 Å². The number of morpholine rings is 1. The van der Waals surface area contributed by atoms with Crippen LogP contribution in [-0.4, -0.2) is 39.7 Å². The van der Waals surface area contributed by atoms with E-state index in [1.807, 2.05) is 19.1 Å². The molecule has 1 saturated heterocycles. The fraction of sp³-hybridized carbons (Fsp3) is 0.312. The second-order valence-corrected chi connectivity index (χ2v) is 7.11. The van der Waals surface area contributed by atoms with E-state index >= 15 is 0 Å². The molecule has 3 rings (SSSR count). The number of aryl methyl sites for hydroxylation is 1. The van der Waals surface area contributed by atoms with Crippen LogP contribution in [0.2, 0.25) is 0 Å². The number of pyridine rings is 1. The lowest BCUT2D eigenvalue weighted by Gasteiger charge is -2.28. The number of sulfonamides is 1. The summed E-state index contributed by atoms with van der Waals surface area (Å²) >= 11 is 0. The SMILES string of the molecule is Cc1cccc(S(=O)(=O)Nc2ccc(N3CCOCC3)cn2)c1. The molecule has 122 valence electrons. The molecular weight excluding hydrogens is 314 g/mol. The van der Waals surface area contributed by atoms with Crippen LogP contribution in [0.5, 0.6) is 0 Å². The van der Waals surface area contributed by atoms with Crippen LogP contribution in [0.1, 0.15) is 5.56 Å². The Hall–Kier alpha value is -2.12. The van der Waals surface area contributed by atoms with Gasteiger partial charge in [-0.05, 0) is 36.8 Å². The maximum Gasteiger partial charge on any atom is 0.263 e. The Bertz CT molecular complexity index is 769. The number of nitrogens with zero attached hydrogens (tertiary/aromatic N) is 2. The van der Waals surface area contributed by atoms with Gasteiger partial charge in [-0.25, -0.2) is 13.4 Å². The molecule has 6 nitrogen and oxygen atoms in total. The fourth-order valence-electron chi connectivity index (χ4n) is 2.43. The molecule has 0 radical (unpaired) electrons. The van der Waals surface area contributed by atoms with Crippen LogP contribution >= 0.6 is 0 Å². The van der Waals surface area contributed by atoms with Crippen LogP contribution in [0.3, 0.4) is 0 Å². The average molecular weight is 333 g/mol. The molecule has 7 heteroatoms. The number of hydrogen-bond donors (Lipinski definition) is 1. The predicted molar refractivity (Wildman–Crippen MR) is 89.3 cm³/mol. The normalized spacial score (nSPS) is 15.4. The lowest BCUT2D eigenvalue weighted by molar-refractivity contribution is 0.122. The van der Waals surface area contributed by atoms with Crippen molar-refractivity contribution in [3.05, 3.63) is 48.2 Å². The van der Waals surface area contributed by atoms with Gasteiger partial charge in [-0.2, -0.15) is 0 Å². The Kier molecular flexibility index (Phi) is 4.49. The van der Waals surface area contributed by atoms with Crippen LogP contribution in [-0.2, 0) is 14.8 Å². The molecule has 0 saturated carbocycles. The molecule has 1 aliphatic rings. The molecule has 0 bridgehead atoms. The van der Waals surface area contributed by atoms with E-state index in [0.717, 1.165) is 24.3 Å². The zero-order chi connectivity index (χ0) is 16.3. The van der Waals surface area contributed by atoms with E-state index < -0.39 is 10.0 Å². The third-order valence-corrected chi connectivity index (χ3v) is 5.02. The highest BCUT2D eigenvalue weighted by molar-refractivity contribution is 7.92. The highest BCUT2D eigenvalue weighted by atomic mass is 32.2. The summed E-state index contributed by atoms with van der Waals surface area (Å²) < 4.78 is 32.6. The third-order valence-electron chi connectivity index (χ3n) is 3.66. The fourth-order valence-corrected chi connectivity index (χ4v) is 3.55. The zero-order valence-corrected chi connectivity index (χ0v) is 13.7. The van der Waals surface area contributed by atoms with Gasteiger partial charge < -0.3 is 9.64 Å². The first kappa shape index (κ1) is 15.8. The van der Waals surface area contributed by atoms with E-state index in [1.165, 1.54) is 0 Å². The highest BCUT2D eigenvalue weighted by Crippen LogP contribution is 2.19. The summed E-state index contributed by atoms with van der Waals surface area (Å²) in [5, 5.41) is 0. The van der Waals surface area contributed by atoms with Crippen molar-refractivity contribution in [1.29, 1.82) is 0 Å². The summed E-state index contributed by atoms with van der Waals surface area (Å²) in [5.41, 5.74) is 1.86. The number of aromatic nitrogens is 1. The Labute approximate surface area is 136 Å². The van der Waals surface area contributed by atoms with Gasteiger partial charge in [-0.15, -0.1) is 0 Å². The summed E-state index contributed by atoms with van der Waals surface area (Å²) in [6.07, 6.45) is 1.68. The van der Waals surface area contributed by atoms with Crippen LogP contribution < -0.4 is 9.62 Å². The molecule has 2 heterocycles. The van der Waals surface area contributed by atoms with Crippen molar-refractivity contribution in [2.24, 2.45) is 0 Å². The lowest BCUT2D eigenvalue weighted by atomic mass is 10.2. The molecule has 0 unspecified atom stereocenters. The van der Waals surface area contributed by atoms with Gasteiger partial charge in [0.25, 0.3) is 10.0 Å². The minimum absolute atomic E-state index is 0.233. The first-order valence-corrected chi connectivity index (χ1v) is 8.91. The van der Waals surface area contributed by atoms with Gasteiger partial charge >= 0.3 is 0 Å². The van der Waals surface area contributed by atoms with Crippen LogP contribution in [0.15, 0.2) is 47.5 Å². The van der Waals surface area contributed by atoms with Crippen LogP contribution in [0.25, 0.3) is 0 Å². The van der Waals surface area contributed by atoms with E-state index in [9.17, 15) is 8.42 Å². The highest BCUT2D eigenvalue weighted by Gasteiger charge is 2.16. The number of nitrogens with one attached hydrogen (secondary N) is 1. The van der Waals surface area contributed by atoms with Crippen molar-refractivity contribution in [3.8, 4) is 0 Å². The van der Waals surface area contributed by atoms with E-state index in [0.29, 0.717) is 19.0 Å². The molecule has 0 atom stereocenters. The third kappa shape index (κ3) is 3.80. The van der Waals surface area contributed by atoms with Gasteiger partial charge in [0.15, 0.2) is 0 Å². The molecule has 23 heavy (non-hydrogen) atoms. The number of ether oxygens (including phenoxy) is 1. The molecular formula is C16H19N3O3S. The van der Waals surface area contributed by atoms with E-state index in [-0.39, 0.29) is 4.90 Å². The van der Waals surface area contributed by atoms with Gasteiger partial charge in [-0.3, -0.25) is 4.72 Å². The topological polar surface area (TPSA) is 71.5 Å². The summed E-state index contributed by atoms with van der Waals surface area (Å²) in [5.74, 6) is 0.309. The molecule has 2 aromatic rings.